The van der Waals surface area contributed by atoms with E-state index in [1.807, 2.05) is 0 Å². The predicted molar refractivity (Wildman–Crippen MR) is 75.7 cm³/mol. The van der Waals surface area contributed by atoms with Gasteiger partial charge in [0.2, 0.25) is 0 Å². The van der Waals surface area contributed by atoms with Gasteiger partial charge in [-0.25, -0.2) is 4.79 Å². The van der Waals surface area contributed by atoms with Crippen LogP contribution in [0.2, 0.25) is 0 Å². The number of likely N-dealkylation sites (N-methyl/N-ethyl adjacent to an activating group) is 1. The van der Waals surface area contributed by atoms with Gasteiger partial charge in [-0.2, -0.15) is 0 Å². The molecule has 1 aliphatic carbocycles. The first-order chi connectivity index (χ1) is 8.56. The molecule has 0 aliphatic heterocycles. The molecular weight excluding hydrogens is 226 g/mol. The van der Waals surface area contributed by atoms with Gasteiger partial charge < -0.3 is 10.6 Å². The Labute approximate surface area is 111 Å². The average molecular weight is 255 g/mol. The van der Waals surface area contributed by atoms with Crippen molar-refractivity contribution >= 4 is 6.03 Å². The normalized spacial score (nSPS) is 17.0. The molecule has 1 unspecified atom stereocenters. The minimum Gasteiger partial charge on any atom is -0.337 e. The molecule has 1 aliphatic rings. The van der Waals surface area contributed by atoms with Crippen molar-refractivity contribution in [3.05, 3.63) is 0 Å². The van der Waals surface area contributed by atoms with E-state index in [9.17, 15) is 4.79 Å². The van der Waals surface area contributed by atoms with E-state index in [2.05, 4.69) is 43.2 Å². The maximum Gasteiger partial charge on any atom is 0.315 e. The summed E-state index contributed by atoms with van der Waals surface area (Å²) >= 11 is 0. The minimum atomic E-state index is -0.00147. The highest BCUT2D eigenvalue weighted by Gasteiger charge is 2.24. The molecule has 1 rings (SSSR count). The van der Waals surface area contributed by atoms with Crippen molar-refractivity contribution in [3.8, 4) is 0 Å². The molecule has 0 aromatic carbocycles. The van der Waals surface area contributed by atoms with Gasteiger partial charge in [-0.3, -0.25) is 4.90 Å². The SMILES string of the molecule is CCN(CC)C(CNC(=O)NC1CC1)CC(C)C. The first-order valence-electron chi connectivity index (χ1n) is 7.35. The van der Waals surface area contributed by atoms with Crippen LogP contribution in [0, 0.1) is 5.92 Å². The van der Waals surface area contributed by atoms with Crippen molar-refractivity contribution < 1.29 is 4.79 Å². The standard InChI is InChI=1S/C14H29N3O/c1-5-17(6-2)13(9-11(3)4)10-15-14(18)16-12-7-8-12/h11-13H,5-10H2,1-4H3,(H2,15,16,18). The van der Waals surface area contributed by atoms with Crippen molar-refractivity contribution in [2.75, 3.05) is 19.6 Å². The lowest BCUT2D eigenvalue weighted by Crippen LogP contribution is -2.47. The highest BCUT2D eigenvalue weighted by Crippen LogP contribution is 2.18. The number of hydrogen-bond donors (Lipinski definition) is 2. The van der Waals surface area contributed by atoms with Gasteiger partial charge in [0.15, 0.2) is 0 Å². The molecule has 106 valence electrons. The van der Waals surface area contributed by atoms with Crippen LogP contribution < -0.4 is 10.6 Å². The Bertz CT molecular complexity index is 247. The van der Waals surface area contributed by atoms with Crippen LogP contribution in [0.1, 0.15) is 47.0 Å². The van der Waals surface area contributed by atoms with Crippen LogP contribution in [0.15, 0.2) is 0 Å². The fourth-order valence-electron chi connectivity index (χ4n) is 2.32. The summed E-state index contributed by atoms with van der Waals surface area (Å²) in [7, 11) is 0. The molecule has 1 fully saturated rings. The van der Waals surface area contributed by atoms with Gasteiger partial charge in [0.1, 0.15) is 0 Å². The predicted octanol–water partition coefficient (Wildman–Crippen LogP) is 2.20. The Hall–Kier alpha value is -0.770. The zero-order valence-electron chi connectivity index (χ0n) is 12.3. The molecule has 1 atom stereocenters. The molecule has 0 aromatic rings. The highest BCUT2D eigenvalue weighted by molar-refractivity contribution is 5.74. The first kappa shape index (κ1) is 15.3. The second kappa shape index (κ2) is 7.62. The van der Waals surface area contributed by atoms with Gasteiger partial charge in [0.25, 0.3) is 0 Å². The fourth-order valence-corrected chi connectivity index (χ4v) is 2.32. The van der Waals surface area contributed by atoms with E-state index in [1.54, 1.807) is 0 Å². The van der Waals surface area contributed by atoms with Gasteiger partial charge in [-0.15, -0.1) is 0 Å². The van der Waals surface area contributed by atoms with E-state index in [0.717, 1.165) is 38.9 Å². The number of carbonyl (C=O) groups is 1. The zero-order chi connectivity index (χ0) is 13.5. The number of nitrogens with zero attached hydrogens (tertiary/aromatic N) is 1. The van der Waals surface area contributed by atoms with Gasteiger partial charge in [0.05, 0.1) is 0 Å². The number of carbonyl (C=O) groups excluding carboxylic acids is 1. The summed E-state index contributed by atoms with van der Waals surface area (Å²) in [5.41, 5.74) is 0. The number of nitrogens with one attached hydrogen (secondary N) is 2. The highest BCUT2D eigenvalue weighted by atomic mass is 16.2. The molecule has 0 heterocycles. The fraction of sp³-hybridized carbons (Fsp3) is 0.929. The monoisotopic (exact) mass is 255 g/mol. The second-order valence-corrected chi connectivity index (χ2v) is 5.63. The Kier molecular flexibility index (Phi) is 6.47. The summed E-state index contributed by atoms with van der Waals surface area (Å²) in [4.78, 5) is 14.1. The van der Waals surface area contributed by atoms with Crippen LogP contribution in [-0.4, -0.2) is 42.6 Å². The first-order valence-corrected chi connectivity index (χ1v) is 7.35. The van der Waals surface area contributed by atoms with Crippen molar-refractivity contribution in [3.63, 3.8) is 0 Å². The minimum absolute atomic E-state index is 0.00147. The van der Waals surface area contributed by atoms with Crippen molar-refractivity contribution in [2.24, 2.45) is 5.92 Å². The largest absolute Gasteiger partial charge is 0.337 e. The van der Waals surface area contributed by atoms with E-state index in [-0.39, 0.29) is 6.03 Å². The molecule has 2 amide bonds. The van der Waals surface area contributed by atoms with Crippen LogP contribution in [-0.2, 0) is 0 Å². The smallest absolute Gasteiger partial charge is 0.315 e. The molecule has 4 nitrogen and oxygen atoms in total. The third kappa shape index (κ3) is 5.71. The molecule has 0 bridgehead atoms. The Balaban J connectivity index is 2.35. The molecular formula is C14H29N3O. The van der Waals surface area contributed by atoms with Crippen LogP contribution in [0.25, 0.3) is 0 Å². The lowest BCUT2D eigenvalue weighted by molar-refractivity contribution is 0.184. The number of hydrogen-bond acceptors (Lipinski definition) is 2. The summed E-state index contributed by atoms with van der Waals surface area (Å²) in [6, 6.07) is 0.880. The third-order valence-corrected chi connectivity index (χ3v) is 3.48. The molecule has 0 radical (unpaired) electrons. The molecule has 2 N–H and O–H groups in total. The molecule has 0 spiro atoms. The summed E-state index contributed by atoms with van der Waals surface area (Å²) in [5, 5.41) is 5.99. The van der Waals surface area contributed by atoms with Crippen molar-refractivity contribution in [2.45, 2.75) is 59.0 Å². The lowest BCUT2D eigenvalue weighted by Gasteiger charge is -2.31. The topological polar surface area (TPSA) is 44.4 Å². The lowest BCUT2D eigenvalue weighted by atomic mass is 10.0. The van der Waals surface area contributed by atoms with E-state index < -0.39 is 0 Å². The maximum absolute atomic E-state index is 11.6. The summed E-state index contributed by atoms with van der Waals surface area (Å²) < 4.78 is 0. The van der Waals surface area contributed by atoms with Crippen LogP contribution in [0.5, 0.6) is 0 Å². The van der Waals surface area contributed by atoms with Crippen molar-refractivity contribution in [1.82, 2.24) is 15.5 Å². The van der Waals surface area contributed by atoms with Gasteiger partial charge in [-0.1, -0.05) is 27.7 Å². The summed E-state index contributed by atoms with van der Waals surface area (Å²) in [6.45, 7) is 11.7. The van der Waals surface area contributed by atoms with E-state index in [0.29, 0.717) is 18.0 Å². The average Bonchev–Trinajstić information content (AvgIpc) is 3.10. The van der Waals surface area contributed by atoms with Gasteiger partial charge >= 0.3 is 6.03 Å². The zero-order valence-corrected chi connectivity index (χ0v) is 12.3. The maximum atomic E-state index is 11.6. The second-order valence-electron chi connectivity index (χ2n) is 5.63. The number of rotatable bonds is 8. The quantitative estimate of drug-likeness (QED) is 0.698. The van der Waals surface area contributed by atoms with E-state index >= 15 is 0 Å². The number of amides is 2. The number of urea groups is 1. The molecule has 4 heteroatoms. The van der Waals surface area contributed by atoms with E-state index in [4.69, 9.17) is 0 Å². The van der Waals surface area contributed by atoms with Crippen LogP contribution in [0.3, 0.4) is 0 Å². The third-order valence-electron chi connectivity index (χ3n) is 3.48. The van der Waals surface area contributed by atoms with Crippen LogP contribution in [0.4, 0.5) is 4.79 Å². The Morgan fingerprint density at radius 3 is 2.33 bits per heavy atom. The molecule has 18 heavy (non-hydrogen) atoms. The Morgan fingerprint density at radius 2 is 1.89 bits per heavy atom. The molecule has 0 saturated heterocycles. The molecule has 1 saturated carbocycles. The Morgan fingerprint density at radius 1 is 1.28 bits per heavy atom. The molecule has 0 aromatic heterocycles. The van der Waals surface area contributed by atoms with Crippen LogP contribution >= 0.6 is 0 Å². The summed E-state index contributed by atoms with van der Waals surface area (Å²) in [5.74, 6) is 0.656. The van der Waals surface area contributed by atoms with E-state index in [1.165, 1.54) is 0 Å². The van der Waals surface area contributed by atoms with Gasteiger partial charge in [0, 0.05) is 18.6 Å². The van der Waals surface area contributed by atoms with Gasteiger partial charge in [-0.05, 0) is 38.3 Å². The van der Waals surface area contributed by atoms with Crippen molar-refractivity contribution in [1.29, 1.82) is 0 Å². The summed E-state index contributed by atoms with van der Waals surface area (Å²) in [6.07, 6.45) is 3.41.